The Balaban J connectivity index is 1.76. The zero-order valence-electron chi connectivity index (χ0n) is 16.7. The summed E-state index contributed by atoms with van der Waals surface area (Å²) in [7, 11) is -2.45. The number of carbonyl (C=O) groups is 1. The lowest BCUT2D eigenvalue weighted by Crippen LogP contribution is -2.15. The first kappa shape index (κ1) is 21.8. The smallest absolute Gasteiger partial charge is 0.270 e. The lowest BCUT2D eigenvalue weighted by molar-refractivity contribution is -0.384. The minimum absolute atomic E-state index is 0.00981. The van der Waals surface area contributed by atoms with Gasteiger partial charge in [-0.1, -0.05) is 12.1 Å². The molecule has 31 heavy (non-hydrogen) atoms. The molecule has 0 heterocycles. The van der Waals surface area contributed by atoms with Gasteiger partial charge < -0.3 is 10.1 Å². The van der Waals surface area contributed by atoms with Crippen molar-refractivity contribution < 1.29 is 22.9 Å². The number of nitrogens with one attached hydrogen (secondary N) is 2. The van der Waals surface area contributed by atoms with Gasteiger partial charge in [-0.2, -0.15) is 0 Å². The third-order valence-corrected chi connectivity index (χ3v) is 5.72. The third-order valence-electron chi connectivity index (χ3n) is 4.34. The second-order valence-electron chi connectivity index (χ2n) is 6.60. The number of ether oxygens (including phenoxy) is 1. The SMILES string of the molecule is COc1ccc(C)cc1NS(=O)(=O)c1ccc(NC(=O)c2cccc([N+](=O)[O-])c2)cc1. The highest BCUT2D eigenvalue weighted by molar-refractivity contribution is 7.92. The fourth-order valence-corrected chi connectivity index (χ4v) is 3.85. The van der Waals surface area contributed by atoms with Crippen molar-refractivity contribution >= 4 is 33.0 Å². The zero-order valence-corrected chi connectivity index (χ0v) is 17.5. The number of anilines is 2. The summed E-state index contributed by atoms with van der Waals surface area (Å²) >= 11 is 0. The second-order valence-corrected chi connectivity index (χ2v) is 8.28. The minimum atomic E-state index is -3.89. The van der Waals surface area contributed by atoms with Crippen LogP contribution < -0.4 is 14.8 Å². The Labute approximate surface area is 178 Å². The summed E-state index contributed by atoms with van der Waals surface area (Å²) in [4.78, 5) is 22.6. The molecule has 2 N–H and O–H groups in total. The van der Waals surface area contributed by atoms with Crippen molar-refractivity contribution in [3.05, 3.63) is 88.0 Å². The molecular formula is C21H19N3O6S. The summed E-state index contributed by atoms with van der Waals surface area (Å²) in [5, 5.41) is 13.4. The Bertz CT molecular complexity index is 1240. The van der Waals surface area contributed by atoms with Gasteiger partial charge in [0, 0.05) is 23.4 Å². The molecule has 0 atom stereocenters. The summed E-state index contributed by atoms with van der Waals surface area (Å²) in [5.41, 5.74) is 1.41. The zero-order chi connectivity index (χ0) is 22.6. The van der Waals surface area contributed by atoms with Crippen molar-refractivity contribution in [2.24, 2.45) is 0 Å². The third kappa shape index (κ3) is 5.17. The molecule has 3 aromatic carbocycles. The van der Waals surface area contributed by atoms with Gasteiger partial charge in [-0.05, 0) is 55.0 Å². The quantitative estimate of drug-likeness (QED) is 0.422. The van der Waals surface area contributed by atoms with Crippen molar-refractivity contribution in [1.82, 2.24) is 0 Å². The Hall–Kier alpha value is -3.92. The highest BCUT2D eigenvalue weighted by Gasteiger charge is 2.17. The van der Waals surface area contributed by atoms with Gasteiger partial charge in [0.25, 0.3) is 21.6 Å². The van der Waals surface area contributed by atoms with Crippen molar-refractivity contribution in [3.8, 4) is 5.75 Å². The van der Waals surface area contributed by atoms with Crippen LogP contribution in [0.3, 0.4) is 0 Å². The number of amides is 1. The average molecular weight is 441 g/mol. The molecule has 1 amide bonds. The fraction of sp³-hybridized carbons (Fsp3) is 0.0952. The average Bonchev–Trinajstić information content (AvgIpc) is 2.74. The Kier molecular flexibility index (Phi) is 6.21. The minimum Gasteiger partial charge on any atom is -0.495 e. The van der Waals surface area contributed by atoms with E-state index in [0.29, 0.717) is 17.1 Å². The van der Waals surface area contributed by atoms with Crippen molar-refractivity contribution in [3.63, 3.8) is 0 Å². The van der Waals surface area contributed by atoms with Gasteiger partial charge in [0.1, 0.15) is 5.75 Å². The Morgan fingerprint density at radius 1 is 1.03 bits per heavy atom. The number of rotatable bonds is 7. The number of non-ortho nitro benzene ring substituents is 1. The van der Waals surface area contributed by atoms with E-state index in [4.69, 9.17) is 4.74 Å². The standard InChI is InChI=1S/C21H19N3O6S/c1-14-6-11-20(30-2)19(12-14)23-31(28,29)18-9-7-16(8-10-18)22-21(25)15-4-3-5-17(13-15)24(26)27/h3-13,23H,1-2H3,(H,22,25). The van der Waals surface area contributed by atoms with Crippen molar-refractivity contribution in [2.45, 2.75) is 11.8 Å². The normalized spacial score (nSPS) is 10.9. The van der Waals surface area contributed by atoms with E-state index in [0.717, 1.165) is 11.6 Å². The van der Waals surface area contributed by atoms with E-state index < -0.39 is 20.9 Å². The van der Waals surface area contributed by atoms with Gasteiger partial charge in [-0.25, -0.2) is 8.42 Å². The van der Waals surface area contributed by atoms with Crippen LogP contribution in [-0.4, -0.2) is 26.4 Å². The molecule has 0 saturated heterocycles. The highest BCUT2D eigenvalue weighted by Crippen LogP contribution is 2.28. The van der Waals surface area contributed by atoms with Gasteiger partial charge in [-0.3, -0.25) is 19.6 Å². The summed E-state index contributed by atoms with van der Waals surface area (Å²) in [6.45, 7) is 1.83. The number of nitro benzene ring substituents is 1. The van der Waals surface area contributed by atoms with Crippen LogP contribution in [0.15, 0.2) is 71.6 Å². The number of nitrogens with zero attached hydrogens (tertiary/aromatic N) is 1. The maximum Gasteiger partial charge on any atom is 0.270 e. The molecule has 0 aliphatic rings. The number of sulfonamides is 1. The van der Waals surface area contributed by atoms with Crippen molar-refractivity contribution in [1.29, 1.82) is 0 Å². The number of carbonyl (C=O) groups excluding carboxylic acids is 1. The monoisotopic (exact) mass is 441 g/mol. The molecule has 10 heteroatoms. The van der Waals surface area contributed by atoms with Crippen LogP contribution >= 0.6 is 0 Å². The largest absolute Gasteiger partial charge is 0.495 e. The van der Waals surface area contributed by atoms with Gasteiger partial charge in [-0.15, -0.1) is 0 Å². The highest BCUT2D eigenvalue weighted by atomic mass is 32.2. The number of methoxy groups -OCH3 is 1. The maximum absolute atomic E-state index is 12.7. The molecule has 0 radical (unpaired) electrons. The molecule has 0 fully saturated rings. The van der Waals surface area contributed by atoms with Crippen LogP contribution in [0.5, 0.6) is 5.75 Å². The predicted octanol–water partition coefficient (Wildman–Crippen LogP) is 3.96. The van der Waals surface area contributed by atoms with Gasteiger partial charge in [0.2, 0.25) is 0 Å². The van der Waals surface area contributed by atoms with E-state index in [1.54, 1.807) is 18.2 Å². The topological polar surface area (TPSA) is 128 Å². The molecule has 0 aliphatic carbocycles. The van der Waals surface area contributed by atoms with E-state index in [2.05, 4.69) is 10.0 Å². The van der Waals surface area contributed by atoms with Crippen LogP contribution in [0.1, 0.15) is 15.9 Å². The number of hydrogen-bond donors (Lipinski definition) is 2. The number of benzene rings is 3. The van der Waals surface area contributed by atoms with E-state index in [-0.39, 0.29) is 16.1 Å². The van der Waals surface area contributed by atoms with Gasteiger partial charge >= 0.3 is 0 Å². The van der Waals surface area contributed by atoms with E-state index in [1.807, 2.05) is 6.92 Å². The lowest BCUT2D eigenvalue weighted by atomic mass is 10.2. The molecule has 0 unspecified atom stereocenters. The number of aryl methyl sites for hydroxylation is 1. The lowest BCUT2D eigenvalue weighted by Gasteiger charge is -2.13. The molecule has 0 bridgehead atoms. The van der Waals surface area contributed by atoms with E-state index in [1.165, 1.54) is 49.6 Å². The molecule has 0 aliphatic heterocycles. The first-order valence-corrected chi connectivity index (χ1v) is 10.5. The molecule has 0 aromatic heterocycles. The Morgan fingerprint density at radius 2 is 1.74 bits per heavy atom. The van der Waals surface area contributed by atoms with Crippen molar-refractivity contribution in [2.75, 3.05) is 17.1 Å². The van der Waals surface area contributed by atoms with Crippen LogP contribution in [-0.2, 0) is 10.0 Å². The molecule has 3 rings (SSSR count). The van der Waals surface area contributed by atoms with Crippen LogP contribution in [0.25, 0.3) is 0 Å². The summed E-state index contributed by atoms with van der Waals surface area (Å²) < 4.78 is 33.1. The van der Waals surface area contributed by atoms with Crippen LogP contribution in [0.4, 0.5) is 17.1 Å². The summed E-state index contributed by atoms with van der Waals surface area (Å²) in [6, 6.07) is 16.0. The number of nitro groups is 1. The van der Waals surface area contributed by atoms with Crippen LogP contribution in [0.2, 0.25) is 0 Å². The number of hydrogen-bond acceptors (Lipinski definition) is 6. The molecule has 0 spiro atoms. The molecule has 9 nitrogen and oxygen atoms in total. The first-order chi connectivity index (χ1) is 14.7. The van der Waals surface area contributed by atoms with Gasteiger partial charge in [0.15, 0.2) is 0 Å². The molecule has 3 aromatic rings. The predicted molar refractivity (Wildman–Crippen MR) is 116 cm³/mol. The second kappa shape index (κ2) is 8.84. The maximum atomic E-state index is 12.7. The summed E-state index contributed by atoms with van der Waals surface area (Å²) in [6.07, 6.45) is 0. The molecule has 0 saturated carbocycles. The fourth-order valence-electron chi connectivity index (χ4n) is 2.79. The van der Waals surface area contributed by atoms with E-state index in [9.17, 15) is 23.3 Å². The molecular weight excluding hydrogens is 422 g/mol. The van der Waals surface area contributed by atoms with Gasteiger partial charge in [0.05, 0.1) is 22.6 Å². The Morgan fingerprint density at radius 3 is 2.39 bits per heavy atom. The molecule has 160 valence electrons. The van der Waals surface area contributed by atoms with E-state index >= 15 is 0 Å². The summed E-state index contributed by atoms with van der Waals surface area (Å²) in [5.74, 6) is -0.169. The first-order valence-electron chi connectivity index (χ1n) is 9.03. The van der Waals surface area contributed by atoms with Crippen LogP contribution in [0, 0.1) is 17.0 Å².